The van der Waals surface area contributed by atoms with Gasteiger partial charge in [-0.05, 0) is 6.07 Å². The van der Waals surface area contributed by atoms with E-state index in [0.29, 0.717) is 12.1 Å². The first kappa shape index (κ1) is 12.0. The smallest absolute Gasteiger partial charge is 0.285 e. The minimum absolute atomic E-state index is 0.0315. The molecule has 2 rings (SSSR count). The summed E-state index contributed by atoms with van der Waals surface area (Å²) in [5, 5.41) is 17.7. The Balaban J connectivity index is 2.61. The highest BCUT2D eigenvalue weighted by Crippen LogP contribution is 2.30. The van der Waals surface area contributed by atoms with Crippen molar-refractivity contribution in [3.05, 3.63) is 39.8 Å². The molecule has 0 fully saturated rings. The predicted octanol–water partition coefficient (Wildman–Crippen LogP) is 1.38. The van der Waals surface area contributed by atoms with Crippen molar-refractivity contribution in [2.45, 2.75) is 6.54 Å². The molecular formula is C9H6F2N4O3. The van der Waals surface area contributed by atoms with Gasteiger partial charge in [-0.3, -0.25) is 10.1 Å². The Hall–Kier alpha value is -2.42. The minimum Gasteiger partial charge on any atom is -0.419 e. The highest BCUT2D eigenvalue weighted by Gasteiger charge is 2.23. The van der Waals surface area contributed by atoms with Crippen LogP contribution in [-0.2, 0) is 6.54 Å². The van der Waals surface area contributed by atoms with Crippen molar-refractivity contribution in [3.63, 3.8) is 0 Å². The maximum atomic E-state index is 13.1. The number of hydrogen-bond acceptors (Lipinski definition) is 6. The highest BCUT2D eigenvalue weighted by atomic mass is 19.2. The monoisotopic (exact) mass is 256 g/mol. The van der Waals surface area contributed by atoms with Crippen LogP contribution in [0.2, 0.25) is 0 Å². The fraction of sp³-hybridized carbons (Fsp3) is 0.111. The van der Waals surface area contributed by atoms with E-state index in [-0.39, 0.29) is 23.9 Å². The van der Waals surface area contributed by atoms with Crippen LogP contribution in [0.1, 0.15) is 5.89 Å². The van der Waals surface area contributed by atoms with E-state index in [2.05, 4.69) is 10.2 Å². The number of nitro benzene ring substituents is 1. The number of hydrogen-bond donors (Lipinski definition) is 1. The summed E-state index contributed by atoms with van der Waals surface area (Å²) >= 11 is 0. The molecule has 1 heterocycles. The maximum absolute atomic E-state index is 13.1. The third-order valence-electron chi connectivity index (χ3n) is 2.11. The lowest BCUT2D eigenvalue weighted by molar-refractivity contribution is -0.384. The molecule has 0 aliphatic carbocycles. The van der Waals surface area contributed by atoms with Gasteiger partial charge in [0.05, 0.1) is 17.5 Å². The molecule has 18 heavy (non-hydrogen) atoms. The van der Waals surface area contributed by atoms with Crippen molar-refractivity contribution < 1.29 is 18.1 Å². The molecule has 0 unspecified atom stereocenters. The molecule has 0 saturated heterocycles. The molecule has 0 radical (unpaired) electrons. The van der Waals surface area contributed by atoms with Gasteiger partial charge in [0.1, 0.15) is 5.56 Å². The van der Waals surface area contributed by atoms with Gasteiger partial charge < -0.3 is 10.2 Å². The van der Waals surface area contributed by atoms with Crippen LogP contribution in [0.15, 0.2) is 16.5 Å². The van der Waals surface area contributed by atoms with Gasteiger partial charge in [-0.2, -0.15) is 0 Å². The van der Waals surface area contributed by atoms with E-state index in [9.17, 15) is 18.9 Å². The lowest BCUT2D eigenvalue weighted by atomic mass is 10.1. The van der Waals surface area contributed by atoms with Gasteiger partial charge in [-0.1, -0.05) is 0 Å². The molecule has 9 heteroatoms. The Labute approximate surface area is 98.4 Å². The van der Waals surface area contributed by atoms with Gasteiger partial charge in [0.25, 0.3) is 11.6 Å². The van der Waals surface area contributed by atoms with E-state index in [1.165, 1.54) is 0 Å². The summed E-state index contributed by atoms with van der Waals surface area (Å²) in [4.78, 5) is 9.87. The molecule has 0 saturated carbocycles. The Morgan fingerprint density at radius 3 is 2.56 bits per heavy atom. The third kappa shape index (κ3) is 2.02. The van der Waals surface area contributed by atoms with Gasteiger partial charge in [-0.15, -0.1) is 10.2 Å². The number of nitrogens with two attached hydrogens (primary N) is 1. The molecule has 2 N–H and O–H groups in total. The number of nitrogens with zero attached hydrogens (tertiary/aromatic N) is 3. The van der Waals surface area contributed by atoms with Crippen molar-refractivity contribution in [3.8, 4) is 11.5 Å². The molecule has 0 spiro atoms. The van der Waals surface area contributed by atoms with E-state index in [1.54, 1.807) is 0 Å². The number of aromatic nitrogens is 2. The molecule has 1 aromatic carbocycles. The Bertz CT molecular complexity index is 614. The second-order valence-electron chi connectivity index (χ2n) is 3.25. The normalized spacial score (nSPS) is 10.6. The van der Waals surface area contributed by atoms with Crippen LogP contribution in [0, 0.1) is 21.7 Å². The second kappa shape index (κ2) is 4.45. The zero-order chi connectivity index (χ0) is 13.3. The van der Waals surface area contributed by atoms with Crippen molar-refractivity contribution in [2.75, 3.05) is 0 Å². The topological polar surface area (TPSA) is 108 Å². The molecule has 0 aliphatic heterocycles. The summed E-state index contributed by atoms with van der Waals surface area (Å²) in [5.41, 5.74) is 4.26. The van der Waals surface area contributed by atoms with Crippen LogP contribution in [0.5, 0.6) is 0 Å². The summed E-state index contributed by atoms with van der Waals surface area (Å²) in [6, 6.07) is 1.08. The average molecular weight is 256 g/mol. The minimum atomic E-state index is -1.33. The largest absolute Gasteiger partial charge is 0.419 e. The summed E-state index contributed by atoms with van der Waals surface area (Å²) in [6.45, 7) is -0.0650. The number of halogens is 2. The Morgan fingerprint density at radius 1 is 1.33 bits per heavy atom. The molecule has 94 valence electrons. The molecular weight excluding hydrogens is 250 g/mol. The first-order valence-corrected chi connectivity index (χ1v) is 4.69. The number of rotatable bonds is 3. The van der Waals surface area contributed by atoms with Crippen LogP contribution in [0.4, 0.5) is 14.5 Å². The highest BCUT2D eigenvalue weighted by molar-refractivity contribution is 5.66. The summed E-state index contributed by atoms with van der Waals surface area (Å²) in [7, 11) is 0. The summed E-state index contributed by atoms with van der Waals surface area (Å²) in [6.07, 6.45) is 0. The van der Waals surface area contributed by atoms with Crippen molar-refractivity contribution in [2.24, 2.45) is 5.73 Å². The second-order valence-corrected chi connectivity index (χ2v) is 3.25. The van der Waals surface area contributed by atoms with E-state index < -0.39 is 22.2 Å². The zero-order valence-corrected chi connectivity index (χ0v) is 8.76. The fourth-order valence-corrected chi connectivity index (χ4v) is 1.30. The van der Waals surface area contributed by atoms with Gasteiger partial charge in [-0.25, -0.2) is 8.78 Å². The van der Waals surface area contributed by atoms with Gasteiger partial charge in [0, 0.05) is 0 Å². The van der Waals surface area contributed by atoms with E-state index in [1.807, 2.05) is 0 Å². The summed E-state index contributed by atoms with van der Waals surface area (Å²) in [5.74, 6) is -2.84. The molecule has 1 aromatic heterocycles. The van der Waals surface area contributed by atoms with Crippen molar-refractivity contribution in [1.82, 2.24) is 10.2 Å². The van der Waals surface area contributed by atoms with Crippen LogP contribution in [-0.4, -0.2) is 15.1 Å². The van der Waals surface area contributed by atoms with Crippen LogP contribution in [0.25, 0.3) is 11.5 Å². The number of nitro groups is 1. The molecule has 0 amide bonds. The quantitative estimate of drug-likeness (QED) is 0.656. The Morgan fingerprint density at radius 2 is 2.00 bits per heavy atom. The average Bonchev–Trinajstić information content (AvgIpc) is 2.80. The third-order valence-corrected chi connectivity index (χ3v) is 2.11. The van der Waals surface area contributed by atoms with Crippen LogP contribution >= 0.6 is 0 Å². The standard InChI is InChI=1S/C9H6F2N4O3/c10-5-1-4(7(15(16)17)2-6(5)11)9-14-13-8(3-12)18-9/h1-2H,3,12H2. The summed E-state index contributed by atoms with van der Waals surface area (Å²) < 4.78 is 31.0. The van der Waals surface area contributed by atoms with E-state index >= 15 is 0 Å². The fourth-order valence-electron chi connectivity index (χ4n) is 1.30. The molecule has 2 aromatic rings. The first-order valence-electron chi connectivity index (χ1n) is 4.69. The predicted molar refractivity (Wildman–Crippen MR) is 54.2 cm³/mol. The molecule has 0 bridgehead atoms. The van der Waals surface area contributed by atoms with E-state index in [4.69, 9.17) is 10.2 Å². The first-order chi connectivity index (χ1) is 8.52. The van der Waals surface area contributed by atoms with Gasteiger partial charge in [0.15, 0.2) is 11.6 Å². The van der Waals surface area contributed by atoms with E-state index in [0.717, 1.165) is 0 Å². The molecule has 7 nitrogen and oxygen atoms in total. The SMILES string of the molecule is NCc1nnc(-c2cc(F)c(F)cc2[N+](=O)[O-])o1. The van der Waals surface area contributed by atoms with Gasteiger partial charge >= 0.3 is 0 Å². The molecule has 0 aliphatic rings. The molecule has 0 atom stereocenters. The maximum Gasteiger partial charge on any atom is 0.285 e. The Kier molecular flexibility index (Phi) is 2.98. The lowest BCUT2D eigenvalue weighted by Gasteiger charge is -1.99. The number of benzene rings is 1. The van der Waals surface area contributed by atoms with Gasteiger partial charge in [0.2, 0.25) is 5.89 Å². The van der Waals surface area contributed by atoms with Crippen LogP contribution < -0.4 is 5.73 Å². The van der Waals surface area contributed by atoms with Crippen molar-refractivity contribution >= 4 is 5.69 Å². The zero-order valence-electron chi connectivity index (χ0n) is 8.76. The van der Waals surface area contributed by atoms with Crippen LogP contribution in [0.3, 0.4) is 0 Å². The van der Waals surface area contributed by atoms with Crippen molar-refractivity contribution in [1.29, 1.82) is 0 Å². The lowest BCUT2D eigenvalue weighted by Crippen LogP contribution is -1.96.